The molecule has 5 nitrogen and oxygen atoms in total. The first-order chi connectivity index (χ1) is 9.11. The van der Waals surface area contributed by atoms with Gasteiger partial charge in [0, 0.05) is 6.20 Å². The molecule has 0 radical (unpaired) electrons. The summed E-state index contributed by atoms with van der Waals surface area (Å²) in [6.45, 7) is 1.82. The highest BCUT2D eigenvalue weighted by atomic mass is 16.1. The number of aromatic nitrogens is 1. The van der Waals surface area contributed by atoms with Crippen molar-refractivity contribution in [2.75, 3.05) is 11.1 Å². The molecule has 0 spiro atoms. The molecule has 1 heterocycles. The van der Waals surface area contributed by atoms with Crippen molar-refractivity contribution in [2.24, 2.45) is 0 Å². The van der Waals surface area contributed by atoms with Gasteiger partial charge >= 0.3 is 0 Å². The van der Waals surface area contributed by atoms with Crippen LogP contribution in [-0.4, -0.2) is 10.9 Å². The van der Waals surface area contributed by atoms with Gasteiger partial charge in [-0.3, -0.25) is 4.79 Å². The zero-order chi connectivity index (χ0) is 13.8. The zero-order valence-electron chi connectivity index (χ0n) is 10.3. The predicted molar refractivity (Wildman–Crippen MR) is 72.5 cm³/mol. The van der Waals surface area contributed by atoms with E-state index in [2.05, 4.69) is 16.4 Å². The molecule has 0 aliphatic carbocycles. The molecule has 1 amide bonds. The number of carbonyl (C=O) groups excluding carboxylic acids is 1. The number of nitrogens with zero attached hydrogens (tertiary/aromatic N) is 2. The van der Waals surface area contributed by atoms with Crippen LogP contribution in [0.1, 0.15) is 21.5 Å². The van der Waals surface area contributed by atoms with Crippen LogP contribution in [0.3, 0.4) is 0 Å². The van der Waals surface area contributed by atoms with E-state index in [9.17, 15) is 4.79 Å². The number of nitrogens with one attached hydrogen (secondary N) is 1. The highest BCUT2D eigenvalue weighted by Gasteiger charge is 2.10. The summed E-state index contributed by atoms with van der Waals surface area (Å²) < 4.78 is 0. The van der Waals surface area contributed by atoms with Crippen LogP contribution < -0.4 is 11.1 Å². The molecule has 0 fully saturated rings. The van der Waals surface area contributed by atoms with Gasteiger partial charge in [-0.2, -0.15) is 5.26 Å². The molecule has 0 aliphatic rings. The minimum absolute atomic E-state index is 0.324. The van der Waals surface area contributed by atoms with E-state index < -0.39 is 0 Å². The summed E-state index contributed by atoms with van der Waals surface area (Å²) in [5.41, 5.74) is 7.61. The average molecular weight is 252 g/mol. The lowest BCUT2D eigenvalue weighted by atomic mass is 10.1. The molecule has 0 aliphatic heterocycles. The summed E-state index contributed by atoms with van der Waals surface area (Å²) in [6, 6.07) is 10.5. The number of amides is 1. The number of hydrogen-bond acceptors (Lipinski definition) is 4. The van der Waals surface area contributed by atoms with E-state index in [4.69, 9.17) is 11.0 Å². The van der Waals surface area contributed by atoms with Crippen LogP contribution in [0.25, 0.3) is 0 Å². The van der Waals surface area contributed by atoms with Gasteiger partial charge in [-0.15, -0.1) is 0 Å². The van der Waals surface area contributed by atoms with Crippen LogP contribution in [0.5, 0.6) is 0 Å². The van der Waals surface area contributed by atoms with Crippen molar-refractivity contribution < 1.29 is 4.79 Å². The molecule has 94 valence electrons. The van der Waals surface area contributed by atoms with Gasteiger partial charge in [0.25, 0.3) is 5.91 Å². The first-order valence-corrected chi connectivity index (χ1v) is 5.64. The summed E-state index contributed by atoms with van der Waals surface area (Å²) >= 11 is 0. The normalized spacial score (nSPS) is 9.68. The smallest absolute Gasteiger partial charge is 0.257 e. The van der Waals surface area contributed by atoms with E-state index >= 15 is 0 Å². The van der Waals surface area contributed by atoms with Gasteiger partial charge in [-0.1, -0.05) is 12.1 Å². The molecule has 0 atom stereocenters. The highest BCUT2D eigenvalue weighted by molar-refractivity contribution is 6.04. The fourth-order valence-corrected chi connectivity index (χ4v) is 1.65. The molecular formula is C14H12N4O. The molecule has 5 heteroatoms. The van der Waals surface area contributed by atoms with Gasteiger partial charge in [-0.05, 0) is 30.7 Å². The number of nitrogens with two attached hydrogens (primary N) is 1. The number of rotatable bonds is 2. The van der Waals surface area contributed by atoms with Crippen molar-refractivity contribution in [3.8, 4) is 6.07 Å². The monoisotopic (exact) mass is 252 g/mol. The van der Waals surface area contributed by atoms with Gasteiger partial charge in [0.1, 0.15) is 11.9 Å². The molecule has 0 saturated carbocycles. The SMILES string of the molecule is Cc1cccc(NC(=O)c2ccc(N)nc2)c1C#N. The van der Waals surface area contributed by atoms with Crippen LogP contribution in [0.2, 0.25) is 0 Å². The summed E-state index contributed by atoms with van der Waals surface area (Å²) in [4.78, 5) is 15.9. The molecule has 19 heavy (non-hydrogen) atoms. The minimum Gasteiger partial charge on any atom is -0.384 e. The van der Waals surface area contributed by atoms with Gasteiger partial charge < -0.3 is 11.1 Å². The second-order valence-electron chi connectivity index (χ2n) is 4.04. The van der Waals surface area contributed by atoms with Crippen LogP contribution >= 0.6 is 0 Å². The van der Waals surface area contributed by atoms with Gasteiger partial charge in [-0.25, -0.2) is 4.98 Å². The van der Waals surface area contributed by atoms with E-state index in [-0.39, 0.29) is 5.91 Å². The predicted octanol–water partition coefficient (Wildman–Crippen LogP) is 2.10. The van der Waals surface area contributed by atoms with Gasteiger partial charge in [0.15, 0.2) is 0 Å². The Labute approximate surface area is 110 Å². The Hall–Kier alpha value is -2.87. The van der Waals surface area contributed by atoms with E-state index in [0.29, 0.717) is 22.6 Å². The lowest BCUT2D eigenvalue weighted by molar-refractivity contribution is 0.102. The second kappa shape index (κ2) is 5.19. The summed E-state index contributed by atoms with van der Waals surface area (Å²) in [5, 5.41) is 11.8. The summed E-state index contributed by atoms with van der Waals surface area (Å²) in [6.07, 6.45) is 1.40. The quantitative estimate of drug-likeness (QED) is 0.856. The largest absolute Gasteiger partial charge is 0.384 e. The maximum atomic E-state index is 12.0. The Morgan fingerprint density at radius 1 is 1.37 bits per heavy atom. The van der Waals surface area contributed by atoms with Crippen LogP contribution in [0, 0.1) is 18.3 Å². The lowest BCUT2D eigenvalue weighted by Gasteiger charge is -2.08. The van der Waals surface area contributed by atoms with Crippen molar-refractivity contribution in [3.63, 3.8) is 0 Å². The maximum Gasteiger partial charge on any atom is 0.257 e. The van der Waals surface area contributed by atoms with E-state index in [0.717, 1.165) is 5.56 Å². The maximum absolute atomic E-state index is 12.0. The number of pyridine rings is 1. The molecule has 0 saturated heterocycles. The van der Waals surface area contributed by atoms with Crippen LogP contribution in [0.4, 0.5) is 11.5 Å². The molecule has 2 rings (SSSR count). The number of nitrogen functional groups attached to an aromatic ring is 1. The number of carbonyl (C=O) groups is 1. The number of nitriles is 1. The Bertz CT molecular complexity index is 656. The van der Waals surface area contributed by atoms with Crippen molar-refractivity contribution >= 4 is 17.4 Å². The molecule has 0 bridgehead atoms. The number of benzene rings is 1. The lowest BCUT2D eigenvalue weighted by Crippen LogP contribution is -2.13. The van der Waals surface area contributed by atoms with E-state index in [1.807, 2.05) is 13.0 Å². The van der Waals surface area contributed by atoms with E-state index in [1.54, 1.807) is 24.3 Å². The Balaban J connectivity index is 2.27. The van der Waals surface area contributed by atoms with Crippen molar-refractivity contribution in [3.05, 3.63) is 53.2 Å². The third kappa shape index (κ3) is 2.69. The fourth-order valence-electron chi connectivity index (χ4n) is 1.65. The Morgan fingerprint density at radius 2 is 2.16 bits per heavy atom. The number of aryl methyl sites for hydroxylation is 1. The van der Waals surface area contributed by atoms with E-state index in [1.165, 1.54) is 6.20 Å². The second-order valence-corrected chi connectivity index (χ2v) is 4.04. The molecule has 3 N–H and O–H groups in total. The summed E-state index contributed by atoms with van der Waals surface area (Å²) in [7, 11) is 0. The third-order valence-electron chi connectivity index (χ3n) is 2.68. The minimum atomic E-state index is -0.324. The number of anilines is 2. The highest BCUT2D eigenvalue weighted by Crippen LogP contribution is 2.19. The third-order valence-corrected chi connectivity index (χ3v) is 2.68. The van der Waals surface area contributed by atoms with Crippen molar-refractivity contribution in [1.82, 2.24) is 4.98 Å². The fraction of sp³-hybridized carbons (Fsp3) is 0.0714. The number of hydrogen-bond donors (Lipinski definition) is 2. The van der Waals surface area contributed by atoms with Gasteiger partial charge in [0.05, 0.1) is 16.8 Å². The topological polar surface area (TPSA) is 91.8 Å². The average Bonchev–Trinajstić information content (AvgIpc) is 2.39. The standard InChI is InChI=1S/C14H12N4O/c1-9-3-2-4-12(11(9)7-15)18-14(19)10-5-6-13(16)17-8-10/h2-6,8H,1H3,(H2,16,17)(H,18,19). The zero-order valence-corrected chi connectivity index (χ0v) is 10.3. The van der Waals surface area contributed by atoms with Crippen LogP contribution in [-0.2, 0) is 0 Å². The van der Waals surface area contributed by atoms with Gasteiger partial charge in [0.2, 0.25) is 0 Å². The molecule has 1 aromatic carbocycles. The molecule has 1 aromatic heterocycles. The Morgan fingerprint density at radius 3 is 2.79 bits per heavy atom. The first-order valence-electron chi connectivity index (χ1n) is 5.64. The van der Waals surface area contributed by atoms with Crippen molar-refractivity contribution in [2.45, 2.75) is 6.92 Å². The van der Waals surface area contributed by atoms with Crippen molar-refractivity contribution in [1.29, 1.82) is 5.26 Å². The molecule has 2 aromatic rings. The Kier molecular flexibility index (Phi) is 3.44. The first kappa shape index (κ1) is 12.6. The molecular weight excluding hydrogens is 240 g/mol. The molecule has 0 unspecified atom stereocenters. The summed E-state index contributed by atoms with van der Waals surface area (Å²) in [5.74, 6) is 0.0272. The van der Waals surface area contributed by atoms with Crippen LogP contribution in [0.15, 0.2) is 36.5 Å².